The molecule has 2 aromatic heterocycles. The SMILES string of the molecule is Cc1cccnc1C1=Nc2cc(C(=O)Nc3ccon3)ccc2Sc2ccccc21. The third kappa shape index (κ3) is 3.40. The van der Waals surface area contributed by atoms with Gasteiger partial charge in [-0.3, -0.25) is 9.78 Å². The van der Waals surface area contributed by atoms with Crippen LogP contribution in [0, 0.1) is 6.92 Å². The minimum absolute atomic E-state index is 0.274. The van der Waals surface area contributed by atoms with Gasteiger partial charge >= 0.3 is 0 Å². The zero-order valence-electron chi connectivity index (χ0n) is 16.0. The molecule has 0 bridgehead atoms. The highest BCUT2D eigenvalue weighted by Crippen LogP contribution is 2.41. The van der Waals surface area contributed by atoms with Gasteiger partial charge in [-0.2, -0.15) is 0 Å². The maximum absolute atomic E-state index is 12.6. The molecular formula is C23H16N4O2S. The molecular weight excluding hydrogens is 396 g/mol. The fourth-order valence-corrected chi connectivity index (χ4v) is 4.27. The summed E-state index contributed by atoms with van der Waals surface area (Å²) in [6.45, 7) is 2.02. The lowest BCUT2D eigenvalue weighted by atomic mass is 10.0. The van der Waals surface area contributed by atoms with Gasteiger partial charge in [0.15, 0.2) is 5.82 Å². The Morgan fingerprint density at radius 1 is 1.03 bits per heavy atom. The van der Waals surface area contributed by atoms with Crippen LogP contribution in [0.2, 0.25) is 0 Å². The molecule has 1 aliphatic rings. The van der Waals surface area contributed by atoms with Crippen LogP contribution >= 0.6 is 11.8 Å². The average Bonchev–Trinajstić information content (AvgIpc) is 3.21. The van der Waals surface area contributed by atoms with Crippen molar-refractivity contribution in [3.63, 3.8) is 0 Å². The van der Waals surface area contributed by atoms with Crippen LogP contribution in [0.3, 0.4) is 0 Å². The van der Waals surface area contributed by atoms with E-state index in [1.54, 1.807) is 36.2 Å². The number of amides is 1. The number of nitrogens with zero attached hydrogens (tertiary/aromatic N) is 3. The van der Waals surface area contributed by atoms with Gasteiger partial charge in [0.05, 0.1) is 17.1 Å². The molecule has 146 valence electrons. The van der Waals surface area contributed by atoms with Gasteiger partial charge in [0.1, 0.15) is 6.26 Å². The molecule has 1 aliphatic heterocycles. The zero-order valence-corrected chi connectivity index (χ0v) is 16.8. The Hall–Kier alpha value is -3.71. The van der Waals surface area contributed by atoms with Crippen molar-refractivity contribution in [1.82, 2.24) is 10.1 Å². The average molecular weight is 412 g/mol. The number of carbonyl (C=O) groups excluding carboxylic acids is 1. The van der Waals surface area contributed by atoms with E-state index in [1.807, 2.05) is 37.3 Å². The lowest BCUT2D eigenvalue weighted by molar-refractivity contribution is 0.102. The summed E-state index contributed by atoms with van der Waals surface area (Å²) in [5.74, 6) is 0.0919. The molecule has 1 amide bonds. The highest BCUT2D eigenvalue weighted by atomic mass is 32.2. The number of hydrogen-bond acceptors (Lipinski definition) is 6. The van der Waals surface area contributed by atoms with Crippen molar-refractivity contribution < 1.29 is 9.32 Å². The number of anilines is 1. The van der Waals surface area contributed by atoms with Gasteiger partial charge in [0.2, 0.25) is 0 Å². The summed E-state index contributed by atoms with van der Waals surface area (Å²) >= 11 is 1.63. The van der Waals surface area contributed by atoms with Crippen molar-refractivity contribution in [2.45, 2.75) is 16.7 Å². The Labute approximate surface area is 177 Å². The van der Waals surface area contributed by atoms with E-state index in [-0.39, 0.29) is 5.91 Å². The first-order chi connectivity index (χ1) is 14.7. The molecule has 4 aromatic rings. The summed E-state index contributed by atoms with van der Waals surface area (Å²) < 4.78 is 4.77. The quantitative estimate of drug-likeness (QED) is 0.437. The van der Waals surface area contributed by atoms with Crippen molar-refractivity contribution in [2.75, 3.05) is 5.32 Å². The molecule has 0 fully saturated rings. The Bertz CT molecular complexity index is 1280. The molecule has 0 radical (unpaired) electrons. The van der Waals surface area contributed by atoms with Gasteiger partial charge in [-0.25, -0.2) is 4.99 Å². The van der Waals surface area contributed by atoms with Crippen molar-refractivity contribution in [2.24, 2.45) is 4.99 Å². The topological polar surface area (TPSA) is 80.4 Å². The van der Waals surface area contributed by atoms with E-state index in [9.17, 15) is 4.79 Å². The maximum Gasteiger partial charge on any atom is 0.256 e. The molecule has 0 atom stereocenters. The van der Waals surface area contributed by atoms with Gasteiger partial charge in [0.25, 0.3) is 5.91 Å². The normalized spacial score (nSPS) is 12.4. The number of fused-ring (bicyclic) bond motifs is 2. The number of nitrogens with one attached hydrogen (secondary N) is 1. The Morgan fingerprint density at radius 3 is 2.77 bits per heavy atom. The summed E-state index contributed by atoms with van der Waals surface area (Å²) in [4.78, 5) is 24.3. The largest absolute Gasteiger partial charge is 0.363 e. The maximum atomic E-state index is 12.6. The number of aromatic nitrogens is 2. The van der Waals surface area contributed by atoms with Crippen LogP contribution in [-0.4, -0.2) is 21.8 Å². The molecule has 6 nitrogen and oxygen atoms in total. The third-order valence-electron chi connectivity index (χ3n) is 4.73. The van der Waals surface area contributed by atoms with E-state index in [2.05, 4.69) is 27.6 Å². The van der Waals surface area contributed by atoms with Gasteiger partial charge in [-0.05, 0) is 42.8 Å². The molecule has 3 heterocycles. The Kier molecular flexibility index (Phi) is 4.65. The lowest BCUT2D eigenvalue weighted by Crippen LogP contribution is -2.12. The first-order valence-electron chi connectivity index (χ1n) is 9.33. The fraction of sp³-hybridized carbons (Fsp3) is 0.0435. The van der Waals surface area contributed by atoms with Crippen molar-refractivity contribution in [3.8, 4) is 0 Å². The summed E-state index contributed by atoms with van der Waals surface area (Å²) in [5, 5.41) is 6.44. The molecule has 0 saturated carbocycles. The summed E-state index contributed by atoms with van der Waals surface area (Å²) in [7, 11) is 0. The summed E-state index contributed by atoms with van der Waals surface area (Å²) in [5.41, 5.74) is 4.90. The van der Waals surface area contributed by atoms with E-state index < -0.39 is 0 Å². The molecule has 2 aromatic carbocycles. The first kappa shape index (κ1) is 18.3. The third-order valence-corrected chi connectivity index (χ3v) is 5.87. The van der Waals surface area contributed by atoms with Crippen LogP contribution in [0.4, 0.5) is 11.5 Å². The second kappa shape index (κ2) is 7.61. The number of rotatable bonds is 3. The van der Waals surface area contributed by atoms with Crippen molar-refractivity contribution >= 4 is 34.9 Å². The lowest BCUT2D eigenvalue weighted by Gasteiger charge is -2.10. The Morgan fingerprint density at radius 2 is 1.93 bits per heavy atom. The van der Waals surface area contributed by atoms with Gasteiger partial charge in [-0.1, -0.05) is 41.2 Å². The molecule has 0 saturated heterocycles. The second-order valence-corrected chi connectivity index (χ2v) is 7.83. The minimum Gasteiger partial charge on any atom is -0.363 e. The molecule has 1 N–H and O–H groups in total. The van der Waals surface area contributed by atoms with E-state index in [4.69, 9.17) is 9.52 Å². The predicted octanol–water partition coefficient (Wildman–Crippen LogP) is 5.26. The van der Waals surface area contributed by atoms with Crippen LogP contribution in [0.15, 0.2) is 92.4 Å². The van der Waals surface area contributed by atoms with E-state index in [1.165, 1.54) is 6.26 Å². The predicted molar refractivity (Wildman–Crippen MR) is 116 cm³/mol. The molecule has 0 spiro atoms. The number of carbonyl (C=O) groups is 1. The van der Waals surface area contributed by atoms with Crippen molar-refractivity contribution in [3.05, 3.63) is 95.5 Å². The summed E-state index contributed by atoms with van der Waals surface area (Å²) in [6.07, 6.45) is 3.18. The Balaban J connectivity index is 1.63. The van der Waals surface area contributed by atoms with Gasteiger partial charge < -0.3 is 9.84 Å². The van der Waals surface area contributed by atoms with Crippen LogP contribution in [0.1, 0.15) is 27.2 Å². The van der Waals surface area contributed by atoms with Crippen LogP contribution < -0.4 is 5.32 Å². The monoisotopic (exact) mass is 412 g/mol. The van der Waals surface area contributed by atoms with Gasteiger partial charge in [-0.15, -0.1) is 0 Å². The standard InChI is InChI=1S/C23H16N4O2S/c1-14-5-4-11-24-21(14)22-16-6-2-3-7-18(16)30-19-9-8-15(13-17(19)25-22)23(28)26-20-10-12-29-27-20/h2-13H,1H3,(H,26,27,28). The van der Waals surface area contributed by atoms with Crippen molar-refractivity contribution in [1.29, 1.82) is 0 Å². The van der Waals surface area contributed by atoms with E-state index in [0.29, 0.717) is 11.4 Å². The number of benzene rings is 2. The molecule has 30 heavy (non-hydrogen) atoms. The van der Waals surface area contributed by atoms with Gasteiger partial charge in [0, 0.05) is 33.2 Å². The number of hydrogen-bond donors (Lipinski definition) is 1. The fourth-order valence-electron chi connectivity index (χ4n) is 3.26. The molecule has 0 aliphatic carbocycles. The number of pyridine rings is 1. The zero-order chi connectivity index (χ0) is 20.5. The number of aliphatic imine (C=N–C) groups is 1. The smallest absolute Gasteiger partial charge is 0.256 e. The molecule has 5 rings (SSSR count). The molecule has 7 heteroatoms. The van der Waals surface area contributed by atoms with Crippen LogP contribution in [0.25, 0.3) is 0 Å². The first-order valence-corrected chi connectivity index (χ1v) is 10.1. The number of aryl methyl sites for hydroxylation is 1. The highest BCUT2D eigenvalue weighted by Gasteiger charge is 2.21. The minimum atomic E-state index is -0.274. The highest BCUT2D eigenvalue weighted by molar-refractivity contribution is 7.99. The second-order valence-electron chi connectivity index (χ2n) is 6.75. The van der Waals surface area contributed by atoms with Crippen LogP contribution in [-0.2, 0) is 0 Å². The molecule has 0 unspecified atom stereocenters. The summed E-state index contributed by atoms with van der Waals surface area (Å²) in [6, 6.07) is 19.2. The van der Waals surface area contributed by atoms with E-state index in [0.717, 1.165) is 38.0 Å². The van der Waals surface area contributed by atoms with Crippen LogP contribution in [0.5, 0.6) is 0 Å². The van der Waals surface area contributed by atoms with E-state index >= 15 is 0 Å².